The van der Waals surface area contributed by atoms with E-state index in [4.69, 9.17) is 0 Å². The van der Waals surface area contributed by atoms with Crippen LogP contribution in [-0.2, 0) is 9.53 Å². The summed E-state index contributed by atoms with van der Waals surface area (Å²) >= 11 is 0. The Morgan fingerprint density at radius 2 is 2.21 bits per heavy atom. The van der Waals surface area contributed by atoms with E-state index in [2.05, 4.69) is 4.74 Å². The molecule has 0 N–H and O–H groups in total. The average Bonchev–Trinajstić information content (AvgIpc) is 2.19. The van der Waals surface area contributed by atoms with Gasteiger partial charge in [0.05, 0.1) is 7.11 Å². The Morgan fingerprint density at radius 3 is 2.86 bits per heavy atom. The number of carbonyl (C=O) groups excluding carboxylic acids is 1. The molecule has 1 aromatic rings. The minimum Gasteiger partial charge on any atom is -0.466 e. The molecule has 1 rings (SSSR count). The summed E-state index contributed by atoms with van der Waals surface area (Å²) in [5.74, 6) is -0.770. The monoisotopic (exact) mass is 194 g/mol. The van der Waals surface area contributed by atoms with Crippen LogP contribution in [0.1, 0.15) is 11.1 Å². The van der Waals surface area contributed by atoms with Crippen LogP contribution in [-0.4, -0.2) is 13.1 Å². The summed E-state index contributed by atoms with van der Waals surface area (Å²) in [7, 11) is 1.30. The van der Waals surface area contributed by atoms with Crippen molar-refractivity contribution in [2.45, 2.75) is 6.92 Å². The highest BCUT2D eigenvalue weighted by molar-refractivity contribution is 5.87. The van der Waals surface area contributed by atoms with Crippen LogP contribution >= 0.6 is 0 Å². The first-order valence-corrected chi connectivity index (χ1v) is 4.15. The van der Waals surface area contributed by atoms with Gasteiger partial charge in [-0.15, -0.1) is 0 Å². The standard InChI is InChI=1S/C11H11FO2/c1-8-3-5-10(12)7-9(8)4-6-11(13)14-2/h3-7H,1-2H3/b6-4+. The number of rotatable bonds is 2. The number of aryl methyl sites for hydroxylation is 1. The molecule has 0 saturated carbocycles. The molecule has 0 fully saturated rings. The molecule has 14 heavy (non-hydrogen) atoms. The smallest absolute Gasteiger partial charge is 0.330 e. The lowest BCUT2D eigenvalue weighted by molar-refractivity contribution is -0.134. The molecule has 0 aliphatic rings. The summed E-state index contributed by atoms with van der Waals surface area (Å²) in [6, 6.07) is 4.41. The van der Waals surface area contributed by atoms with Crippen molar-refractivity contribution in [3.63, 3.8) is 0 Å². The third-order valence-corrected chi connectivity index (χ3v) is 1.84. The van der Waals surface area contributed by atoms with Crippen LogP contribution in [0.3, 0.4) is 0 Å². The zero-order valence-corrected chi connectivity index (χ0v) is 8.08. The Bertz CT molecular complexity index is 370. The number of halogens is 1. The SMILES string of the molecule is COC(=O)/C=C/c1cc(F)ccc1C. The first-order chi connectivity index (χ1) is 6.63. The molecular formula is C11H11FO2. The van der Waals surface area contributed by atoms with Crippen LogP contribution in [0.4, 0.5) is 4.39 Å². The predicted octanol–water partition coefficient (Wildman–Crippen LogP) is 2.32. The van der Waals surface area contributed by atoms with Gasteiger partial charge in [0.1, 0.15) is 5.82 Å². The van der Waals surface area contributed by atoms with Crippen molar-refractivity contribution in [3.05, 3.63) is 41.2 Å². The fraction of sp³-hybridized carbons (Fsp3) is 0.182. The molecule has 74 valence electrons. The molecular weight excluding hydrogens is 183 g/mol. The van der Waals surface area contributed by atoms with Gasteiger partial charge >= 0.3 is 5.97 Å². The van der Waals surface area contributed by atoms with Gasteiger partial charge in [-0.1, -0.05) is 6.07 Å². The van der Waals surface area contributed by atoms with Crippen LogP contribution in [0, 0.1) is 12.7 Å². The average molecular weight is 194 g/mol. The van der Waals surface area contributed by atoms with Crippen molar-refractivity contribution >= 4 is 12.0 Å². The highest BCUT2D eigenvalue weighted by Gasteiger charge is 1.97. The number of hydrogen-bond acceptors (Lipinski definition) is 2. The summed E-state index contributed by atoms with van der Waals surface area (Å²) in [5, 5.41) is 0. The number of benzene rings is 1. The van der Waals surface area contributed by atoms with E-state index in [1.807, 2.05) is 6.92 Å². The Labute approximate surface area is 82.0 Å². The van der Waals surface area contributed by atoms with Gasteiger partial charge in [0.15, 0.2) is 0 Å². The van der Waals surface area contributed by atoms with Crippen molar-refractivity contribution < 1.29 is 13.9 Å². The minimum atomic E-state index is -0.450. The fourth-order valence-electron chi connectivity index (χ4n) is 1.02. The summed E-state index contributed by atoms with van der Waals surface area (Å²) in [6.45, 7) is 1.84. The van der Waals surface area contributed by atoms with E-state index in [1.54, 1.807) is 6.07 Å². The molecule has 0 unspecified atom stereocenters. The van der Waals surface area contributed by atoms with Crippen LogP contribution in [0.15, 0.2) is 24.3 Å². The lowest BCUT2D eigenvalue weighted by Gasteiger charge is -1.99. The lowest BCUT2D eigenvalue weighted by Crippen LogP contribution is -1.93. The molecule has 0 amide bonds. The summed E-state index contributed by atoms with van der Waals surface area (Å²) in [5.41, 5.74) is 1.59. The van der Waals surface area contributed by atoms with Gasteiger partial charge in [0.25, 0.3) is 0 Å². The molecule has 0 aromatic heterocycles. The van der Waals surface area contributed by atoms with Crippen LogP contribution < -0.4 is 0 Å². The van der Waals surface area contributed by atoms with Gasteiger partial charge in [0.2, 0.25) is 0 Å². The van der Waals surface area contributed by atoms with Crippen molar-refractivity contribution in [1.29, 1.82) is 0 Å². The predicted molar refractivity (Wildman–Crippen MR) is 52.2 cm³/mol. The fourth-order valence-corrected chi connectivity index (χ4v) is 1.02. The molecule has 0 saturated heterocycles. The van der Waals surface area contributed by atoms with Gasteiger partial charge in [-0.25, -0.2) is 9.18 Å². The quantitative estimate of drug-likeness (QED) is 0.533. The zero-order valence-electron chi connectivity index (χ0n) is 8.08. The van der Waals surface area contributed by atoms with Gasteiger partial charge < -0.3 is 4.74 Å². The maximum Gasteiger partial charge on any atom is 0.330 e. The summed E-state index contributed by atoms with van der Waals surface area (Å²) in [4.78, 5) is 10.8. The van der Waals surface area contributed by atoms with E-state index in [0.29, 0.717) is 5.56 Å². The Morgan fingerprint density at radius 1 is 1.50 bits per heavy atom. The molecule has 0 bridgehead atoms. The van der Waals surface area contributed by atoms with E-state index in [0.717, 1.165) is 5.56 Å². The molecule has 0 spiro atoms. The van der Waals surface area contributed by atoms with E-state index in [1.165, 1.54) is 31.4 Å². The van der Waals surface area contributed by atoms with Crippen molar-refractivity contribution in [2.75, 3.05) is 7.11 Å². The first-order valence-electron chi connectivity index (χ1n) is 4.15. The molecule has 0 atom stereocenters. The zero-order chi connectivity index (χ0) is 10.6. The number of esters is 1. The molecule has 0 aliphatic carbocycles. The summed E-state index contributed by atoms with van der Waals surface area (Å²) in [6.07, 6.45) is 2.80. The topological polar surface area (TPSA) is 26.3 Å². The van der Waals surface area contributed by atoms with Gasteiger partial charge in [-0.05, 0) is 36.3 Å². The van der Waals surface area contributed by atoms with Crippen LogP contribution in [0.5, 0.6) is 0 Å². The third-order valence-electron chi connectivity index (χ3n) is 1.84. The molecule has 0 radical (unpaired) electrons. The maximum atomic E-state index is 12.8. The van der Waals surface area contributed by atoms with Crippen LogP contribution in [0.2, 0.25) is 0 Å². The van der Waals surface area contributed by atoms with E-state index < -0.39 is 5.97 Å². The highest BCUT2D eigenvalue weighted by Crippen LogP contribution is 2.11. The number of methoxy groups -OCH3 is 1. The Balaban J connectivity index is 2.90. The second kappa shape index (κ2) is 4.56. The van der Waals surface area contributed by atoms with E-state index >= 15 is 0 Å². The maximum absolute atomic E-state index is 12.8. The van der Waals surface area contributed by atoms with Crippen LogP contribution in [0.25, 0.3) is 6.08 Å². The second-order valence-corrected chi connectivity index (χ2v) is 2.86. The van der Waals surface area contributed by atoms with E-state index in [-0.39, 0.29) is 5.82 Å². The largest absolute Gasteiger partial charge is 0.466 e. The van der Waals surface area contributed by atoms with E-state index in [9.17, 15) is 9.18 Å². The van der Waals surface area contributed by atoms with Crippen molar-refractivity contribution in [2.24, 2.45) is 0 Å². The molecule has 3 heteroatoms. The number of ether oxygens (including phenoxy) is 1. The third kappa shape index (κ3) is 2.69. The molecule has 1 aromatic carbocycles. The Hall–Kier alpha value is -1.64. The molecule has 2 nitrogen and oxygen atoms in total. The van der Waals surface area contributed by atoms with Gasteiger partial charge in [-0.2, -0.15) is 0 Å². The highest BCUT2D eigenvalue weighted by atomic mass is 19.1. The van der Waals surface area contributed by atoms with Crippen molar-refractivity contribution in [3.8, 4) is 0 Å². The minimum absolute atomic E-state index is 0.319. The normalized spacial score (nSPS) is 10.5. The van der Waals surface area contributed by atoms with Gasteiger partial charge in [0, 0.05) is 6.08 Å². The molecule has 0 aliphatic heterocycles. The Kier molecular flexibility index (Phi) is 3.40. The number of carbonyl (C=O) groups is 1. The number of hydrogen-bond donors (Lipinski definition) is 0. The second-order valence-electron chi connectivity index (χ2n) is 2.86. The summed E-state index contributed by atoms with van der Waals surface area (Å²) < 4.78 is 17.2. The lowest BCUT2D eigenvalue weighted by atomic mass is 10.1. The molecule has 0 heterocycles. The van der Waals surface area contributed by atoms with Crippen molar-refractivity contribution in [1.82, 2.24) is 0 Å². The first kappa shape index (κ1) is 10.4. The van der Waals surface area contributed by atoms with Gasteiger partial charge in [-0.3, -0.25) is 0 Å².